The molecule has 0 aromatic heterocycles. The summed E-state index contributed by atoms with van der Waals surface area (Å²) in [6, 6.07) is 19.7. The number of aryl methyl sites for hydroxylation is 1. The molecule has 7 heteroatoms. The summed E-state index contributed by atoms with van der Waals surface area (Å²) in [5.74, 6) is -0.803. The fourth-order valence-corrected chi connectivity index (χ4v) is 4.67. The summed E-state index contributed by atoms with van der Waals surface area (Å²) in [6.07, 6.45) is 0.108. The molecule has 0 N–H and O–H groups in total. The lowest BCUT2D eigenvalue weighted by Gasteiger charge is -2.25. The summed E-state index contributed by atoms with van der Waals surface area (Å²) in [5.41, 5.74) is 2.22. The van der Waals surface area contributed by atoms with Gasteiger partial charge in [0.15, 0.2) is 0 Å². The Kier molecular flexibility index (Phi) is 7.07. The van der Waals surface area contributed by atoms with E-state index >= 15 is 0 Å². The first-order valence-electron chi connectivity index (χ1n) is 9.88. The Balaban J connectivity index is 1.98. The van der Waals surface area contributed by atoms with Crippen molar-refractivity contribution >= 4 is 21.7 Å². The fraction of sp³-hybridized carbons (Fsp3) is 0.208. The van der Waals surface area contributed by atoms with Crippen molar-refractivity contribution in [2.45, 2.75) is 31.7 Å². The van der Waals surface area contributed by atoms with Crippen molar-refractivity contribution in [3.05, 3.63) is 95.3 Å². The second-order valence-corrected chi connectivity index (χ2v) is 8.92. The van der Waals surface area contributed by atoms with Crippen LogP contribution < -0.4 is 4.31 Å². The lowest BCUT2D eigenvalue weighted by molar-refractivity contribution is -0.142. The first-order chi connectivity index (χ1) is 14.8. The van der Waals surface area contributed by atoms with Crippen LogP contribution in [-0.4, -0.2) is 21.0 Å². The minimum absolute atomic E-state index is 0.0120. The van der Waals surface area contributed by atoms with Crippen LogP contribution >= 0.6 is 0 Å². The van der Waals surface area contributed by atoms with E-state index in [9.17, 15) is 17.6 Å². The van der Waals surface area contributed by atoms with E-state index in [0.29, 0.717) is 12.3 Å². The highest BCUT2D eigenvalue weighted by Crippen LogP contribution is 2.27. The van der Waals surface area contributed by atoms with Gasteiger partial charge < -0.3 is 4.74 Å². The average molecular weight is 442 g/mol. The number of hydrogen-bond acceptors (Lipinski definition) is 4. The van der Waals surface area contributed by atoms with Gasteiger partial charge in [0.25, 0.3) is 10.0 Å². The molecular weight excluding hydrogens is 417 g/mol. The van der Waals surface area contributed by atoms with Gasteiger partial charge in [-0.05, 0) is 60.9 Å². The molecule has 0 unspecified atom stereocenters. The number of carbonyl (C=O) groups is 1. The molecule has 3 rings (SSSR count). The molecule has 0 spiro atoms. The summed E-state index contributed by atoms with van der Waals surface area (Å²) < 4.78 is 46.9. The van der Waals surface area contributed by atoms with Gasteiger partial charge in [-0.25, -0.2) is 12.8 Å². The molecule has 0 aliphatic carbocycles. The zero-order valence-electron chi connectivity index (χ0n) is 17.4. The molecule has 0 fully saturated rings. The van der Waals surface area contributed by atoms with Crippen LogP contribution in [0.4, 0.5) is 10.1 Å². The highest BCUT2D eigenvalue weighted by atomic mass is 32.2. The van der Waals surface area contributed by atoms with E-state index in [1.807, 2.05) is 30.3 Å². The number of nitrogens with zero attached hydrogens (tertiary/aromatic N) is 1. The predicted octanol–water partition coefficient (Wildman–Crippen LogP) is 4.64. The number of hydrogen-bond donors (Lipinski definition) is 0. The number of benzene rings is 3. The Bertz CT molecular complexity index is 1150. The van der Waals surface area contributed by atoms with E-state index in [1.165, 1.54) is 23.4 Å². The molecule has 162 valence electrons. The van der Waals surface area contributed by atoms with Gasteiger partial charge in [-0.2, -0.15) is 0 Å². The number of esters is 1. The number of ether oxygens (including phenoxy) is 1. The third kappa shape index (κ3) is 5.49. The number of sulfonamides is 1. The minimum atomic E-state index is -3.96. The molecule has 0 amide bonds. The molecule has 3 aromatic rings. The first kappa shape index (κ1) is 22.5. The standard InChI is InChI=1S/C24H24FNO4S/c1-3-30-24(27)16-19-9-11-21(12-10-19)26(17-20-7-5-4-6-8-20)31(28,29)22-13-14-23(25)18(2)15-22/h4-15H,3,16-17H2,1-2H3. The van der Waals surface area contributed by atoms with E-state index in [4.69, 9.17) is 4.74 Å². The zero-order valence-corrected chi connectivity index (χ0v) is 18.2. The largest absolute Gasteiger partial charge is 0.466 e. The Morgan fingerprint density at radius 3 is 2.26 bits per heavy atom. The molecule has 0 radical (unpaired) electrons. The molecule has 0 aliphatic heterocycles. The van der Waals surface area contributed by atoms with Crippen molar-refractivity contribution in [3.8, 4) is 0 Å². The van der Waals surface area contributed by atoms with Crippen LogP contribution in [-0.2, 0) is 32.5 Å². The monoisotopic (exact) mass is 441 g/mol. The summed E-state index contributed by atoms with van der Waals surface area (Å²) in [4.78, 5) is 11.7. The molecule has 0 aliphatic rings. The van der Waals surface area contributed by atoms with E-state index in [2.05, 4.69) is 0 Å². The number of halogens is 1. The van der Waals surface area contributed by atoms with Crippen molar-refractivity contribution in [1.82, 2.24) is 0 Å². The predicted molar refractivity (Wildman–Crippen MR) is 118 cm³/mol. The van der Waals surface area contributed by atoms with Gasteiger partial charge in [0, 0.05) is 0 Å². The van der Waals surface area contributed by atoms with E-state index in [-0.39, 0.29) is 29.4 Å². The van der Waals surface area contributed by atoms with Crippen LogP contribution in [0, 0.1) is 12.7 Å². The third-order valence-corrected chi connectivity index (χ3v) is 6.53. The van der Waals surface area contributed by atoms with Gasteiger partial charge in [-0.3, -0.25) is 9.10 Å². The molecule has 0 bridgehead atoms. The maximum atomic E-state index is 13.7. The lowest BCUT2D eigenvalue weighted by Crippen LogP contribution is -2.30. The van der Waals surface area contributed by atoms with Crippen molar-refractivity contribution in [1.29, 1.82) is 0 Å². The maximum absolute atomic E-state index is 13.7. The average Bonchev–Trinajstić information content (AvgIpc) is 2.75. The molecule has 0 heterocycles. The summed E-state index contributed by atoms with van der Waals surface area (Å²) in [7, 11) is -3.96. The fourth-order valence-electron chi connectivity index (χ4n) is 3.13. The lowest BCUT2D eigenvalue weighted by atomic mass is 10.1. The minimum Gasteiger partial charge on any atom is -0.466 e. The molecule has 0 saturated heterocycles. The quantitative estimate of drug-likeness (QED) is 0.478. The Hall–Kier alpha value is -3.19. The Labute approximate surface area is 182 Å². The first-order valence-corrected chi connectivity index (χ1v) is 11.3. The molecule has 31 heavy (non-hydrogen) atoms. The van der Waals surface area contributed by atoms with Crippen LogP contribution in [0.1, 0.15) is 23.6 Å². The van der Waals surface area contributed by atoms with Crippen molar-refractivity contribution < 1.29 is 22.3 Å². The second kappa shape index (κ2) is 9.75. The van der Waals surface area contributed by atoms with Crippen molar-refractivity contribution in [2.75, 3.05) is 10.9 Å². The zero-order chi connectivity index (χ0) is 22.4. The number of anilines is 1. The van der Waals surface area contributed by atoms with Crippen molar-refractivity contribution in [3.63, 3.8) is 0 Å². The Morgan fingerprint density at radius 1 is 0.968 bits per heavy atom. The van der Waals surface area contributed by atoms with Gasteiger partial charge >= 0.3 is 5.97 Å². The topological polar surface area (TPSA) is 63.7 Å². The SMILES string of the molecule is CCOC(=O)Cc1ccc(N(Cc2ccccc2)S(=O)(=O)c2ccc(F)c(C)c2)cc1. The van der Waals surface area contributed by atoms with Gasteiger partial charge in [-0.15, -0.1) is 0 Å². The highest BCUT2D eigenvalue weighted by Gasteiger charge is 2.26. The summed E-state index contributed by atoms with van der Waals surface area (Å²) in [6.45, 7) is 3.68. The van der Waals surface area contributed by atoms with Gasteiger partial charge in [0.1, 0.15) is 5.82 Å². The van der Waals surface area contributed by atoms with Crippen LogP contribution in [0.15, 0.2) is 77.7 Å². The molecule has 3 aromatic carbocycles. The normalized spacial score (nSPS) is 11.2. The van der Waals surface area contributed by atoms with E-state index < -0.39 is 15.8 Å². The second-order valence-electron chi connectivity index (χ2n) is 7.06. The summed E-state index contributed by atoms with van der Waals surface area (Å²) >= 11 is 0. The summed E-state index contributed by atoms with van der Waals surface area (Å²) in [5, 5.41) is 0. The van der Waals surface area contributed by atoms with E-state index in [1.54, 1.807) is 31.2 Å². The van der Waals surface area contributed by atoms with Crippen molar-refractivity contribution in [2.24, 2.45) is 0 Å². The maximum Gasteiger partial charge on any atom is 0.310 e. The third-order valence-electron chi connectivity index (χ3n) is 4.76. The van der Waals surface area contributed by atoms with E-state index in [0.717, 1.165) is 17.2 Å². The number of rotatable bonds is 8. The van der Waals surface area contributed by atoms with Crippen LogP contribution in [0.2, 0.25) is 0 Å². The van der Waals surface area contributed by atoms with Crippen LogP contribution in [0.3, 0.4) is 0 Å². The smallest absolute Gasteiger partial charge is 0.310 e. The molecule has 0 saturated carbocycles. The Morgan fingerprint density at radius 2 is 1.65 bits per heavy atom. The van der Waals surface area contributed by atoms with Crippen LogP contribution in [0.25, 0.3) is 0 Å². The molecular formula is C24H24FNO4S. The molecule has 0 atom stereocenters. The van der Waals surface area contributed by atoms with Gasteiger partial charge in [0.2, 0.25) is 0 Å². The highest BCUT2D eigenvalue weighted by molar-refractivity contribution is 7.92. The van der Waals surface area contributed by atoms with Gasteiger partial charge in [0.05, 0.1) is 30.2 Å². The van der Waals surface area contributed by atoms with Gasteiger partial charge in [-0.1, -0.05) is 42.5 Å². The van der Waals surface area contributed by atoms with Crippen LogP contribution in [0.5, 0.6) is 0 Å². The molecule has 5 nitrogen and oxygen atoms in total. The number of carbonyl (C=O) groups excluding carboxylic acids is 1.